The molecule has 5 nitrogen and oxygen atoms in total. The third-order valence-corrected chi connectivity index (χ3v) is 19.1. The van der Waals surface area contributed by atoms with Crippen LogP contribution in [-0.4, -0.2) is 16.2 Å². The standard InChI is InChI=1S/C83H76N4O/c1-79(2,3)54-36-40-71-74(47-54)86(78-61(52-24-14-13-15-25-52)31-23-32-62(78)53-44-56(81(7,8)9)46-57(45-53)82(10,11)12)51-85(71)58-26-22-27-59(49-58)88-60-37-38-66-73(50-60)87(75-48-55(42-43-84-75)80(4,5)6)72-41-39-70-76(77(66)72)65-30-18-21-35-69(65)83(70)67-33-19-16-28-63(67)64-29-17-20-34-68(64)83/h13-50H,51H2,1-12H3. The lowest BCUT2D eigenvalue weighted by Gasteiger charge is -2.30. The molecule has 15 rings (SSSR count). The zero-order chi connectivity index (χ0) is 60.8. The number of nitrogens with zero attached hydrogens (tertiary/aromatic N) is 4. The first-order chi connectivity index (χ1) is 42.2. The molecular weight excluding hydrogens is 1070 g/mol. The summed E-state index contributed by atoms with van der Waals surface area (Å²) in [5, 5.41) is 2.37. The fraction of sp³-hybridized carbons (Fsp3) is 0.217. The molecule has 0 unspecified atom stereocenters. The van der Waals surface area contributed by atoms with Crippen molar-refractivity contribution < 1.29 is 4.74 Å². The number of hydrogen-bond acceptors (Lipinski definition) is 4. The van der Waals surface area contributed by atoms with Crippen LogP contribution in [0.4, 0.5) is 22.7 Å². The maximum atomic E-state index is 7.18. The van der Waals surface area contributed by atoms with Crippen molar-refractivity contribution in [3.8, 4) is 61.8 Å². The number of benzene rings is 10. The molecular formula is C83H76N4O. The lowest BCUT2D eigenvalue weighted by molar-refractivity contribution is 0.483. The van der Waals surface area contributed by atoms with Crippen molar-refractivity contribution >= 4 is 44.6 Å². The quantitative estimate of drug-likeness (QED) is 0.159. The molecule has 2 aliphatic carbocycles. The van der Waals surface area contributed by atoms with Gasteiger partial charge in [0.25, 0.3) is 0 Å². The summed E-state index contributed by atoms with van der Waals surface area (Å²) in [5.74, 6) is 2.39. The summed E-state index contributed by atoms with van der Waals surface area (Å²) in [6.07, 6.45) is 1.97. The van der Waals surface area contributed by atoms with Gasteiger partial charge in [0.05, 0.1) is 33.5 Å². The Morgan fingerprint density at radius 1 is 0.386 bits per heavy atom. The van der Waals surface area contributed by atoms with Gasteiger partial charge in [-0.1, -0.05) is 241 Å². The van der Waals surface area contributed by atoms with Crippen LogP contribution in [0, 0.1) is 0 Å². The van der Waals surface area contributed by atoms with E-state index in [-0.39, 0.29) is 21.7 Å². The molecule has 0 saturated carbocycles. The molecule has 88 heavy (non-hydrogen) atoms. The minimum atomic E-state index is -0.469. The molecule has 0 radical (unpaired) electrons. The molecule has 0 bridgehead atoms. The summed E-state index contributed by atoms with van der Waals surface area (Å²) >= 11 is 0. The predicted octanol–water partition coefficient (Wildman–Crippen LogP) is 22.1. The maximum Gasteiger partial charge on any atom is 0.137 e. The van der Waals surface area contributed by atoms with Crippen LogP contribution in [0.5, 0.6) is 11.5 Å². The van der Waals surface area contributed by atoms with Gasteiger partial charge in [0.15, 0.2) is 0 Å². The molecule has 0 fully saturated rings. The van der Waals surface area contributed by atoms with E-state index in [0.29, 0.717) is 6.67 Å². The molecule has 1 aliphatic heterocycles. The van der Waals surface area contributed by atoms with Gasteiger partial charge < -0.3 is 14.5 Å². The van der Waals surface area contributed by atoms with E-state index >= 15 is 0 Å². The predicted molar refractivity (Wildman–Crippen MR) is 369 cm³/mol. The van der Waals surface area contributed by atoms with Crippen molar-refractivity contribution in [2.24, 2.45) is 0 Å². The first kappa shape index (κ1) is 55.2. The molecule has 1 spiro atoms. The minimum Gasteiger partial charge on any atom is -0.457 e. The SMILES string of the molecule is CC(C)(C)c1cc(-c2cccc(-c3ccccc3)c2N2CN(c3cccc(Oc4ccc5c6c7c(ccc6n(-c6cc(C(C)(C)C)ccn6)c5c4)C4(c5ccccc5-c5ccccc54)c4ccccc4-7)c3)c3ccc(C(C)(C)C)cc32)cc(C(C)(C)C)c1. The smallest absolute Gasteiger partial charge is 0.137 e. The molecule has 5 heteroatoms. The normalized spacial score (nSPS) is 14.1. The number of aromatic nitrogens is 2. The molecule has 0 saturated heterocycles. The number of pyridine rings is 1. The van der Waals surface area contributed by atoms with Crippen molar-refractivity contribution in [3.05, 3.63) is 275 Å². The van der Waals surface area contributed by atoms with Gasteiger partial charge in [0, 0.05) is 45.9 Å². The first-order valence-electron chi connectivity index (χ1n) is 31.4. The van der Waals surface area contributed by atoms with Crippen LogP contribution < -0.4 is 14.5 Å². The molecule has 10 aromatic carbocycles. The van der Waals surface area contributed by atoms with Crippen LogP contribution in [0.2, 0.25) is 0 Å². The van der Waals surface area contributed by atoms with Crippen molar-refractivity contribution in [3.63, 3.8) is 0 Å². The summed E-state index contributed by atoms with van der Waals surface area (Å²) in [6, 6.07) is 84.0. The van der Waals surface area contributed by atoms with Crippen LogP contribution in [-0.2, 0) is 27.1 Å². The third-order valence-electron chi connectivity index (χ3n) is 19.1. The highest BCUT2D eigenvalue weighted by molar-refractivity contribution is 6.19. The molecule has 12 aromatic rings. The van der Waals surface area contributed by atoms with Crippen molar-refractivity contribution in [1.29, 1.82) is 0 Å². The van der Waals surface area contributed by atoms with E-state index in [1.165, 1.54) is 106 Å². The van der Waals surface area contributed by atoms with Crippen molar-refractivity contribution in [2.45, 2.75) is 110 Å². The second-order valence-electron chi connectivity index (χ2n) is 28.9. The zero-order valence-electron chi connectivity index (χ0n) is 52.8. The minimum absolute atomic E-state index is 0.0496. The Morgan fingerprint density at radius 3 is 1.61 bits per heavy atom. The fourth-order valence-corrected chi connectivity index (χ4v) is 14.5. The van der Waals surface area contributed by atoms with Gasteiger partial charge >= 0.3 is 0 Å². The monoisotopic (exact) mass is 1140 g/mol. The highest BCUT2D eigenvalue weighted by Gasteiger charge is 2.52. The molecule has 3 aliphatic rings. The van der Waals surface area contributed by atoms with Gasteiger partial charge in [-0.2, -0.15) is 0 Å². The highest BCUT2D eigenvalue weighted by atomic mass is 16.5. The maximum absolute atomic E-state index is 7.18. The number of anilines is 4. The number of fused-ring (bicyclic) bond motifs is 15. The van der Waals surface area contributed by atoms with Gasteiger partial charge in [-0.25, -0.2) is 4.98 Å². The lowest BCUT2D eigenvalue weighted by atomic mass is 9.70. The Kier molecular flexibility index (Phi) is 12.4. The van der Waals surface area contributed by atoms with E-state index < -0.39 is 5.41 Å². The Hall–Kier alpha value is -9.45. The van der Waals surface area contributed by atoms with E-state index in [1.807, 2.05) is 6.20 Å². The largest absolute Gasteiger partial charge is 0.457 e. The third kappa shape index (κ3) is 8.67. The molecule has 2 aromatic heterocycles. The fourth-order valence-electron chi connectivity index (χ4n) is 14.5. The first-order valence-corrected chi connectivity index (χ1v) is 31.4. The molecule has 3 heterocycles. The zero-order valence-corrected chi connectivity index (χ0v) is 52.8. The average molecular weight is 1150 g/mol. The van der Waals surface area contributed by atoms with E-state index in [4.69, 9.17) is 9.72 Å². The number of ether oxygens (including phenoxy) is 1. The summed E-state index contributed by atoms with van der Waals surface area (Å²) in [7, 11) is 0. The van der Waals surface area contributed by atoms with E-state index in [2.05, 4.69) is 322 Å². The van der Waals surface area contributed by atoms with Crippen LogP contribution in [0.15, 0.2) is 231 Å². The average Bonchev–Trinajstić information content (AvgIpc) is 1.50. The number of rotatable bonds is 7. The van der Waals surface area contributed by atoms with Gasteiger partial charge in [-0.3, -0.25) is 4.57 Å². The second kappa shape index (κ2) is 19.8. The molecule has 0 amide bonds. The van der Waals surface area contributed by atoms with Gasteiger partial charge in [-0.05, 0) is 154 Å². The van der Waals surface area contributed by atoms with Gasteiger partial charge in [0.1, 0.15) is 24.0 Å². The summed E-state index contributed by atoms with van der Waals surface area (Å²) in [6.45, 7) is 28.3. The van der Waals surface area contributed by atoms with Gasteiger partial charge in [0.2, 0.25) is 0 Å². The van der Waals surface area contributed by atoms with Crippen LogP contribution >= 0.6 is 0 Å². The Bertz CT molecular complexity index is 4720. The van der Waals surface area contributed by atoms with Crippen molar-refractivity contribution in [2.75, 3.05) is 16.5 Å². The highest BCUT2D eigenvalue weighted by Crippen LogP contribution is 2.64. The topological polar surface area (TPSA) is 33.5 Å². The Balaban J connectivity index is 0.879. The lowest BCUT2D eigenvalue weighted by Crippen LogP contribution is -2.25. The van der Waals surface area contributed by atoms with Crippen LogP contribution in [0.1, 0.15) is 128 Å². The number of hydrogen-bond donors (Lipinski definition) is 0. The van der Waals surface area contributed by atoms with Crippen LogP contribution in [0.3, 0.4) is 0 Å². The summed E-state index contributed by atoms with van der Waals surface area (Å²) < 4.78 is 9.55. The van der Waals surface area contributed by atoms with E-state index in [0.717, 1.165) is 45.1 Å². The molecule has 434 valence electrons. The molecule has 0 N–H and O–H groups in total. The Morgan fingerprint density at radius 2 is 0.955 bits per heavy atom. The van der Waals surface area contributed by atoms with E-state index in [1.54, 1.807) is 0 Å². The van der Waals surface area contributed by atoms with Gasteiger partial charge in [-0.15, -0.1) is 0 Å². The second-order valence-corrected chi connectivity index (χ2v) is 28.9. The van der Waals surface area contributed by atoms with Crippen molar-refractivity contribution in [1.82, 2.24) is 9.55 Å². The van der Waals surface area contributed by atoms with E-state index in [9.17, 15) is 0 Å². The summed E-state index contributed by atoms with van der Waals surface area (Å²) in [4.78, 5) is 10.2. The number of para-hydroxylation sites is 1. The van der Waals surface area contributed by atoms with Crippen LogP contribution in [0.25, 0.3) is 72.1 Å². The molecule has 0 atom stereocenters. The Labute approximate surface area is 519 Å². The summed E-state index contributed by atoms with van der Waals surface area (Å²) in [5.41, 5.74) is 26.4.